The van der Waals surface area contributed by atoms with Crippen LogP contribution in [0.1, 0.15) is 18.9 Å². The minimum absolute atomic E-state index is 0.0121. The normalized spacial score (nSPS) is 18.5. The number of hydrogen-bond donors (Lipinski definition) is 1. The standard InChI is InChI=1S/C18H24N4O2/c1-15(23)19-8-6-18-14-21(10-11-24-18)13-16-4-2-5-17(12-16)22-9-3-7-20-22/h2-5,7,9,12,18H,6,8,10-11,13-14H2,1H3,(H,19,23). The molecule has 0 spiro atoms. The molecule has 1 fully saturated rings. The lowest BCUT2D eigenvalue weighted by Gasteiger charge is -2.33. The third kappa shape index (κ3) is 4.66. The van der Waals surface area contributed by atoms with Gasteiger partial charge in [0, 0.05) is 45.5 Å². The van der Waals surface area contributed by atoms with Crippen LogP contribution in [0.15, 0.2) is 42.7 Å². The third-order valence-electron chi connectivity index (χ3n) is 4.15. The van der Waals surface area contributed by atoms with E-state index in [1.807, 2.05) is 16.9 Å². The number of rotatable bonds is 6. The van der Waals surface area contributed by atoms with Crippen molar-refractivity contribution in [2.45, 2.75) is 26.0 Å². The molecule has 0 radical (unpaired) electrons. The summed E-state index contributed by atoms with van der Waals surface area (Å²) in [5.74, 6) is 0.0121. The highest BCUT2D eigenvalue weighted by molar-refractivity contribution is 5.72. The largest absolute Gasteiger partial charge is 0.375 e. The molecule has 0 bridgehead atoms. The summed E-state index contributed by atoms with van der Waals surface area (Å²) in [6.45, 7) is 5.68. The summed E-state index contributed by atoms with van der Waals surface area (Å²) in [5.41, 5.74) is 2.35. The van der Waals surface area contributed by atoms with Gasteiger partial charge in [0.2, 0.25) is 5.91 Å². The van der Waals surface area contributed by atoms with Gasteiger partial charge in [-0.1, -0.05) is 12.1 Å². The molecule has 0 saturated carbocycles. The Balaban J connectivity index is 1.55. The van der Waals surface area contributed by atoms with E-state index in [4.69, 9.17) is 4.74 Å². The maximum absolute atomic E-state index is 11.0. The molecule has 1 saturated heterocycles. The van der Waals surface area contributed by atoms with Gasteiger partial charge in [-0.3, -0.25) is 9.69 Å². The van der Waals surface area contributed by atoms with Crippen LogP contribution in [0, 0.1) is 0 Å². The molecule has 6 nitrogen and oxygen atoms in total. The first-order valence-electron chi connectivity index (χ1n) is 8.38. The minimum Gasteiger partial charge on any atom is -0.375 e. The molecule has 1 aromatic carbocycles. The Morgan fingerprint density at radius 3 is 3.12 bits per heavy atom. The highest BCUT2D eigenvalue weighted by atomic mass is 16.5. The van der Waals surface area contributed by atoms with Gasteiger partial charge >= 0.3 is 0 Å². The number of nitrogens with one attached hydrogen (secondary N) is 1. The maximum atomic E-state index is 11.0. The highest BCUT2D eigenvalue weighted by Gasteiger charge is 2.20. The van der Waals surface area contributed by atoms with Crippen molar-refractivity contribution in [2.24, 2.45) is 0 Å². The molecule has 128 valence electrons. The van der Waals surface area contributed by atoms with Crippen LogP contribution in [0.3, 0.4) is 0 Å². The van der Waals surface area contributed by atoms with Gasteiger partial charge in [-0.05, 0) is 30.2 Å². The van der Waals surface area contributed by atoms with E-state index < -0.39 is 0 Å². The molecule has 1 amide bonds. The lowest BCUT2D eigenvalue weighted by Crippen LogP contribution is -2.43. The van der Waals surface area contributed by atoms with Crippen molar-refractivity contribution >= 4 is 5.91 Å². The number of nitrogens with zero attached hydrogens (tertiary/aromatic N) is 3. The average Bonchev–Trinajstić information content (AvgIpc) is 3.10. The number of benzene rings is 1. The summed E-state index contributed by atoms with van der Waals surface area (Å²) < 4.78 is 7.68. The van der Waals surface area contributed by atoms with Crippen LogP contribution in [0.5, 0.6) is 0 Å². The Morgan fingerprint density at radius 1 is 1.42 bits per heavy atom. The van der Waals surface area contributed by atoms with Crippen molar-refractivity contribution in [1.29, 1.82) is 0 Å². The fourth-order valence-corrected chi connectivity index (χ4v) is 2.98. The molecular formula is C18H24N4O2. The van der Waals surface area contributed by atoms with E-state index in [1.165, 1.54) is 5.56 Å². The number of aromatic nitrogens is 2. The molecular weight excluding hydrogens is 304 g/mol. The Labute approximate surface area is 142 Å². The zero-order valence-electron chi connectivity index (χ0n) is 14.0. The Kier molecular flexibility index (Phi) is 5.61. The smallest absolute Gasteiger partial charge is 0.216 e. The Bertz CT molecular complexity index is 657. The van der Waals surface area contributed by atoms with Crippen molar-refractivity contribution in [2.75, 3.05) is 26.2 Å². The highest BCUT2D eigenvalue weighted by Crippen LogP contribution is 2.15. The first-order valence-corrected chi connectivity index (χ1v) is 8.38. The second-order valence-electron chi connectivity index (χ2n) is 6.12. The van der Waals surface area contributed by atoms with Crippen LogP contribution >= 0.6 is 0 Å². The van der Waals surface area contributed by atoms with Crippen molar-refractivity contribution < 1.29 is 9.53 Å². The van der Waals surface area contributed by atoms with Gasteiger partial charge in [-0.15, -0.1) is 0 Å². The molecule has 24 heavy (non-hydrogen) atoms. The molecule has 1 aliphatic heterocycles. The molecule has 1 N–H and O–H groups in total. The predicted molar refractivity (Wildman–Crippen MR) is 91.9 cm³/mol. The number of amides is 1. The number of carbonyl (C=O) groups is 1. The summed E-state index contributed by atoms with van der Waals surface area (Å²) in [5, 5.41) is 7.12. The molecule has 1 aromatic heterocycles. The van der Waals surface area contributed by atoms with Gasteiger partial charge in [0.05, 0.1) is 18.4 Å². The van der Waals surface area contributed by atoms with Gasteiger partial charge in [-0.25, -0.2) is 4.68 Å². The van der Waals surface area contributed by atoms with Gasteiger partial charge in [0.1, 0.15) is 0 Å². The first kappa shape index (κ1) is 16.7. The molecule has 1 aliphatic rings. The Morgan fingerprint density at radius 2 is 2.33 bits per heavy atom. The fraction of sp³-hybridized carbons (Fsp3) is 0.444. The monoisotopic (exact) mass is 328 g/mol. The topological polar surface area (TPSA) is 59.4 Å². The molecule has 2 heterocycles. The number of ether oxygens (including phenoxy) is 1. The zero-order valence-corrected chi connectivity index (χ0v) is 14.0. The van der Waals surface area contributed by atoms with Crippen molar-refractivity contribution in [3.63, 3.8) is 0 Å². The SMILES string of the molecule is CC(=O)NCCC1CN(Cc2cccc(-n3cccn3)c2)CCO1. The van der Waals surface area contributed by atoms with Crippen molar-refractivity contribution in [3.8, 4) is 5.69 Å². The number of hydrogen-bond acceptors (Lipinski definition) is 4. The lowest BCUT2D eigenvalue weighted by molar-refractivity contribution is -0.119. The van der Waals surface area contributed by atoms with E-state index in [2.05, 4.69) is 39.6 Å². The van der Waals surface area contributed by atoms with E-state index in [9.17, 15) is 4.79 Å². The quantitative estimate of drug-likeness (QED) is 0.875. The van der Waals surface area contributed by atoms with Crippen LogP contribution in [-0.2, 0) is 16.1 Å². The summed E-state index contributed by atoms with van der Waals surface area (Å²) in [4.78, 5) is 13.4. The first-order chi connectivity index (χ1) is 11.7. The molecule has 6 heteroatoms. The molecule has 2 aromatic rings. The van der Waals surface area contributed by atoms with E-state index in [0.717, 1.165) is 38.3 Å². The van der Waals surface area contributed by atoms with E-state index in [-0.39, 0.29) is 12.0 Å². The van der Waals surface area contributed by atoms with Gasteiger partial charge < -0.3 is 10.1 Å². The fourth-order valence-electron chi connectivity index (χ4n) is 2.98. The van der Waals surface area contributed by atoms with Gasteiger partial charge in [0.25, 0.3) is 0 Å². The number of morpholine rings is 1. The lowest BCUT2D eigenvalue weighted by atomic mass is 10.1. The second-order valence-corrected chi connectivity index (χ2v) is 6.12. The van der Waals surface area contributed by atoms with Gasteiger partial charge in [-0.2, -0.15) is 5.10 Å². The summed E-state index contributed by atoms with van der Waals surface area (Å²) in [7, 11) is 0. The van der Waals surface area contributed by atoms with Crippen molar-refractivity contribution in [3.05, 3.63) is 48.3 Å². The molecule has 1 atom stereocenters. The van der Waals surface area contributed by atoms with E-state index in [1.54, 1.807) is 13.1 Å². The average molecular weight is 328 g/mol. The summed E-state index contributed by atoms with van der Waals surface area (Å²) in [6, 6.07) is 10.4. The molecule has 3 rings (SSSR count). The molecule has 1 unspecified atom stereocenters. The zero-order chi connectivity index (χ0) is 16.8. The molecule has 0 aliphatic carbocycles. The van der Waals surface area contributed by atoms with Crippen LogP contribution in [-0.4, -0.2) is 52.9 Å². The maximum Gasteiger partial charge on any atom is 0.216 e. The number of carbonyl (C=O) groups excluding carboxylic acids is 1. The summed E-state index contributed by atoms with van der Waals surface area (Å²) in [6.07, 6.45) is 4.77. The van der Waals surface area contributed by atoms with E-state index in [0.29, 0.717) is 6.54 Å². The van der Waals surface area contributed by atoms with Crippen LogP contribution in [0.2, 0.25) is 0 Å². The Hall–Kier alpha value is -2.18. The van der Waals surface area contributed by atoms with Crippen molar-refractivity contribution in [1.82, 2.24) is 20.0 Å². The minimum atomic E-state index is 0.0121. The second kappa shape index (κ2) is 8.08. The van der Waals surface area contributed by atoms with E-state index >= 15 is 0 Å². The third-order valence-corrected chi connectivity index (χ3v) is 4.15. The predicted octanol–water partition coefficient (Wildman–Crippen LogP) is 1.60. The van der Waals surface area contributed by atoms with Crippen LogP contribution in [0.4, 0.5) is 0 Å². The van der Waals surface area contributed by atoms with Crippen LogP contribution < -0.4 is 5.32 Å². The van der Waals surface area contributed by atoms with Gasteiger partial charge in [0.15, 0.2) is 0 Å². The van der Waals surface area contributed by atoms with Crippen LogP contribution in [0.25, 0.3) is 5.69 Å². The summed E-state index contributed by atoms with van der Waals surface area (Å²) >= 11 is 0.